The summed E-state index contributed by atoms with van der Waals surface area (Å²) >= 11 is 2.81. The molecule has 9 heteroatoms. The van der Waals surface area contributed by atoms with Gasteiger partial charge in [-0.25, -0.2) is 4.98 Å². The van der Waals surface area contributed by atoms with Crippen LogP contribution in [0.3, 0.4) is 0 Å². The molecule has 7 nitrogen and oxygen atoms in total. The van der Waals surface area contributed by atoms with E-state index in [1.807, 2.05) is 60.2 Å². The van der Waals surface area contributed by atoms with Gasteiger partial charge in [-0.2, -0.15) is 0 Å². The average molecular weight is 538 g/mol. The molecule has 0 aliphatic rings. The first-order valence-electron chi connectivity index (χ1n) is 12.0. The van der Waals surface area contributed by atoms with Crippen LogP contribution in [-0.4, -0.2) is 31.4 Å². The third-order valence-electron chi connectivity index (χ3n) is 6.01. The Hall–Kier alpha value is -4.21. The number of nitrogens with zero attached hydrogens (tertiary/aromatic N) is 4. The van der Waals surface area contributed by atoms with Crippen molar-refractivity contribution in [3.05, 3.63) is 107 Å². The maximum atomic E-state index is 12.8. The number of thioether (sulfide) groups is 1. The molecule has 1 amide bonds. The number of amides is 1. The van der Waals surface area contributed by atoms with E-state index in [1.165, 1.54) is 39.4 Å². The van der Waals surface area contributed by atoms with Crippen LogP contribution in [0.1, 0.15) is 16.0 Å². The van der Waals surface area contributed by atoms with Crippen LogP contribution in [0, 0.1) is 6.92 Å². The number of benzene rings is 3. The summed E-state index contributed by atoms with van der Waals surface area (Å²) in [6.45, 7) is 2.03. The number of fused-ring (bicyclic) bond motifs is 1. The van der Waals surface area contributed by atoms with Crippen molar-refractivity contribution in [2.24, 2.45) is 0 Å². The number of carbonyl (C=O) groups is 1. The normalized spacial score (nSPS) is 11.2. The number of furan rings is 1. The minimum Gasteiger partial charge on any atom is -0.461 e. The Morgan fingerprint density at radius 2 is 1.89 bits per heavy atom. The number of nitrogens with one attached hydrogen (secondary N) is 1. The van der Waals surface area contributed by atoms with Crippen LogP contribution in [0.25, 0.3) is 28.0 Å². The van der Waals surface area contributed by atoms with Crippen LogP contribution in [0.4, 0.5) is 5.13 Å². The Kier molecular flexibility index (Phi) is 6.76. The Bertz CT molecular complexity index is 1720. The van der Waals surface area contributed by atoms with E-state index < -0.39 is 0 Å². The van der Waals surface area contributed by atoms with Gasteiger partial charge < -0.3 is 9.73 Å². The van der Waals surface area contributed by atoms with Crippen LogP contribution in [0.15, 0.2) is 101 Å². The molecule has 38 heavy (non-hydrogen) atoms. The fourth-order valence-electron chi connectivity index (χ4n) is 4.30. The molecular formula is C29H23N5O2S2. The highest BCUT2D eigenvalue weighted by Gasteiger charge is 2.19. The molecule has 188 valence electrons. The third-order valence-corrected chi connectivity index (χ3v) is 7.85. The van der Waals surface area contributed by atoms with Crippen molar-refractivity contribution < 1.29 is 9.21 Å². The highest BCUT2D eigenvalue weighted by Crippen LogP contribution is 2.29. The van der Waals surface area contributed by atoms with Crippen molar-refractivity contribution >= 4 is 44.9 Å². The zero-order chi connectivity index (χ0) is 25.9. The number of thiazole rings is 1. The molecule has 6 aromatic rings. The lowest BCUT2D eigenvalue weighted by molar-refractivity contribution is -0.113. The highest BCUT2D eigenvalue weighted by atomic mass is 32.2. The van der Waals surface area contributed by atoms with Crippen LogP contribution in [0.2, 0.25) is 0 Å². The minimum absolute atomic E-state index is 0.153. The summed E-state index contributed by atoms with van der Waals surface area (Å²) in [6, 6.07) is 26.4. The van der Waals surface area contributed by atoms with Gasteiger partial charge in [0.05, 0.1) is 17.7 Å². The van der Waals surface area contributed by atoms with Gasteiger partial charge in [0.1, 0.15) is 0 Å². The van der Waals surface area contributed by atoms with Crippen molar-refractivity contribution in [2.45, 2.75) is 18.5 Å². The van der Waals surface area contributed by atoms with E-state index in [4.69, 9.17) is 4.42 Å². The Morgan fingerprint density at radius 1 is 1.03 bits per heavy atom. The van der Waals surface area contributed by atoms with Crippen LogP contribution >= 0.6 is 23.1 Å². The Labute approximate surface area is 227 Å². The first-order valence-corrected chi connectivity index (χ1v) is 13.8. The zero-order valence-electron chi connectivity index (χ0n) is 20.5. The second-order valence-electron chi connectivity index (χ2n) is 8.74. The first-order chi connectivity index (χ1) is 18.6. The zero-order valence-corrected chi connectivity index (χ0v) is 22.1. The number of hydrogen-bond donors (Lipinski definition) is 1. The predicted octanol–water partition coefficient (Wildman–Crippen LogP) is 6.77. The lowest BCUT2D eigenvalue weighted by atomic mass is 10.0. The van der Waals surface area contributed by atoms with Crippen LogP contribution < -0.4 is 5.32 Å². The molecule has 6 rings (SSSR count). The SMILES string of the molecule is Cc1cccc(-n2c(SCC(=O)Nc3ncc(Cc4cccc5ccccc45)s3)nnc2-c2ccco2)c1. The average Bonchev–Trinajstić information content (AvgIpc) is 3.69. The third kappa shape index (κ3) is 5.11. The standard InChI is InChI=1S/C29H23N5O2S2/c1-19-7-4-11-22(15-19)34-27(25-13-6-14-36-25)32-33-29(34)37-18-26(35)31-28-30-17-23(38-28)16-21-10-5-9-20-8-2-3-12-24(20)21/h2-15,17H,16,18H2,1H3,(H,30,31,35). The summed E-state index contributed by atoms with van der Waals surface area (Å²) in [7, 11) is 0. The number of rotatable bonds is 8. The summed E-state index contributed by atoms with van der Waals surface area (Å²) in [5.41, 5.74) is 3.25. The second-order valence-corrected chi connectivity index (χ2v) is 10.8. The van der Waals surface area contributed by atoms with Gasteiger partial charge in [-0.15, -0.1) is 21.5 Å². The fourth-order valence-corrected chi connectivity index (χ4v) is 5.90. The van der Waals surface area contributed by atoms with E-state index in [1.54, 1.807) is 6.26 Å². The smallest absolute Gasteiger partial charge is 0.236 e. The molecule has 1 N–H and O–H groups in total. The summed E-state index contributed by atoms with van der Waals surface area (Å²) < 4.78 is 7.49. The Morgan fingerprint density at radius 3 is 2.76 bits per heavy atom. The topological polar surface area (TPSA) is 85.8 Å². The molecule has 0 aliphatic heterocycles. The number of aromatic nitrogens is 4. The molecule has 0 fully saturated rings. The lowest BCUT2D eigenvalue weighted by Crippen LogP contribution is -2.14. The number of anilines is 1. The van der Waals surface area contributed by atoms with Crippen LogP contribution in [-0.2, 0) is 11.2 Å². The summed E-state index contributed by atoms with van der Waals surface area (Å²) in [5, 5.41) is 15.3. The lowest BCUT2D eigenvalue weighted by Gasteiger charge is -2.10. The fraction of sp³-hybridized carbons (Fsp3) is 0.103. The molecule has 0 radical (unpaired) electrons. The van der Waals surface area contributed by atoms with Crippen molar-refractivity contribution in [2.75, 3.05) is 11.1 Å². The maximum Gasteiger partial charge on any atom is 0.236 e. The van der Waals surface area contributed by atoms with Gasteiger partial charge in [0.25, 0.3) is 0 Å². The maximum absolute atomic E-state index is 12.8. The van der Waals surface area contributed by atoms with Crippen molar-refractivity contribution in [3.8, 4) is 17.3 Å². The van der Waals surface area contributed by atoms with Crippen molar-refractivity contribution in [3.63, 3.8) is 0 Å². The van der Waals surface area contributed by atoms with E-state index in [2.05, 4.69) is 56.9 Å². The number of hydrogen-bond acceptors (Lipinski definition) is 7. The highest BCUT2D eigenvalue weighted by molar-refractivity contribution is 7.99. The minimum atomic E-state index is -0.153. The number of aryl methyl sites for hydroxylation is 1. The molecule has 0 spiro atoms. The van der Waals surface area contributed by atoms with E-state index >= 15 is 0 Å². The van der Waals surface area contributed by atoms with Gasteiger partial charge in [-0.3, -0.25) is 9.36 Å². The van der Waals surface area contributed by atoms with Gasteiger partial charge in [-0.1, -0.05) is 66.4 Å². The van der Waals surface area contributed by atoms with Gasteiger partial charge in [0.2, 0.25) is 11.7 Å². The van der Waals surface area contributed by atoms with E-state index in [0.29, 0.717) is 21.9 Å². The molecule has 0 atom stereocenters. The molecule has 3 aromatic carbocycles. The molecule has 0 aliphatic carbocycles. The van der Waals surface area contributed by atoms with E-state index in [0.717, 1.165) is 22.5 Å². The molecule has 3 heterocycles. The van der Waals surface area contributed by atoms with Gasteiger partial charge in [-0.05, 0) is 53.1 Å². The number of carbonyl (C=O) groups excluding carboxylic acids is 1. The molecular weight excluding hydrogens is 514 g/mol. The summed E-state index contributed by atoms with van der Waals surface area (Å²) in [5.74, 6) is 1.21. The van der Waals surface area contributed by atoms with E-state index in [9.17, 15) is 4.79 Å². The molecule has 3 aromatic heterocycles. The molecule has 0 saturated heterocycles. The Balaban J connectivity index is 1.15. The monoisotopic (exact) mass is 537 g/mol. The summed E-state index contributed by atoms with van der Waals surface area (Å²) in [4.78, 5) is 18.3. The van der Waals surface area contributed by atoms with Crippen molar-refractivity contribution in [1.29, 1.82) is 0 Å². The second kappa shape index (κ2) is 10.6. The molecule has 0 unspecified atom stereocenters. The largest absolute Gasteiger partial charge is 0.461 e. The van der Waals surface area contributed by atoms with E-state index in [-0.39, 0.29) is 11.7 Å². The van der Waals surface area contributed by atoms with Gasteiger partial charge in [0.15, 0.2) is 16.0 Å². The molecule has 0 bridgehead atoms. The molecule has 0 saturated carbocycles. The van der Waals surface area contributed by atoms with Gasteiger partial charge in [0, 0.05) is 17.5 Å². The summed E-state index contributed by atoms with van der Waals surface area (Å²) in [6.07, 6.45) is 4.20. The van der Waals surface area contributed by atoms with Gasteiger partial charge >= 0.3 is 0 Å². The van der Waals surface area contributed by atoms with Crippen molar-refractivity contribution in [1.82, 2.24) is 19.7 Å². The quantitative estimate of drug-likeness (QED) is 0.216. The first kappa shape index (κ1) is 24.1. The predicted molar refractivity (Wildman–Crippen MR) is 152 cm³/mol. The van der Waals surface area contributed by atoms with Crippen LogP contribution in [0.5, 0.6) is 0 Å².